The van der Waals surface area contributed by atoms with Crippen molar-refractivity contribution in [3.05, 3.63) is 65.2 Å². The summed E-state index contributed by atoms with van der Waals surface area (Å²) in [6.45, 7) is 0. The lowest BCUT2D eigenvalue weighted by Crippen LogP contribution is -2.53. The van der Waals surface area contributed by atoms with Gasteiger partial charge in [0, 0.05) is 16.5 Å². The number of nitrogens with zero attached hydrogens (tertiary/aromatic N) is 1. The zero-order chi connectivity index (χ0) is 20.5. The number of rotatable bonds is 6. The van der Waals surface area contributed by atoms with Gasteiger partial charge in [-0.05, 0) is 76.5 Å². The third kappa shape index (κ3) is 4.41. The van der Waals surface area contributed by atoms with E-state index in [0.717, 1.165) is 18.2 Å². The van der Waals surface area contributed by atoms with Gasteiger partial charge in [-0.3, -0.25) is 8.93 Å². The van der Waals surface area contributed by atoms with E-state index in [0.29, 0.717) is 10.5 Å². The maximum atomic E-state index is 14.5. The lowest BCUT2D eigenvalue weighted by molar-refractivity contribution is 0.206. The maximum absolute atomic E-state index is 14.5. The average Bonchev–Trinajstić information content (AvgIpc) is 2.62. The van der Waals surface area contributed by atoms with Crippen molar-refractivity contribution in [3.63, 3.8) is 0 Å². The van der Waals surface area contributed by atoms with Gasteiger partial charge in [0.15, 0.2) is 0 Å². The molecule has 1 aliphatic rings. The summed E-state index contributed by atoms with van der Waals surface area (Å²) in [5.74, 6) is -1.37. The number of nitrogens with one attached hydrogen (secondary N) is 1. The summed E-state index contributed by atoms with van der Waals surface area (Å²) < 4.78 is 69.0. The van der Waals surface area contributed by atoms with Crippen molar-refractivity contribution in [3.8, 4) is 6.07 Å². The molecule has 0 radical (unpaired) electrons. The van der Waals surface area contributed by atoms with Crippen molar-refractivity contribution in [2.75, 3.05) is 0 Å². The van der Waals surface area contributed by atoms with Gasteiger partial charge in [0.2, 0.25) is 0 Å². The molecule has 1 N–H and O–H groups in total. The van der Waals surface area contributed by atoms with E-state index in [1.165, 1.54) is 33.5 Å². The number of halogens is 4. The highest BCUT2D eigenvalue weighted by molar-refractivity contribution is 8.01. The third-order valence-electron chi connectivity index (χ3n) is 4.49. The van der Waals surface area contributed by atoms with Gasteiger partial charge in [-0.25, -0.2) is 8.78 Å². The molecule has 2 atom stereocenters. The van der Waals surface area contributed by atoms with Gasteiger partial charge in [-0.15, -0.1) is 0 Å². The molecule has 0 saturated heterocycles. The molecule has 2 aromatic rings. The predicted molar refractivity (Wildman–Crippen MR) is 104 cm³/mol. The van der Waals surface area contributed by atoms with Gasteiger partial charge in [0.1, 0.15) is 11.6 Å². The summed E-state index contributed by atoms with van der Waals surface area (Å²) in [5, 5.41) is 8.90. The molecular weight excluding hydrogens is 431 g/mol. The Hall–Kier alpha value is -1.46. The Morgan fingerprint density at radius 2 is 1.86 bits per heavy atom. The Kier molecular flexibility index (Phi) is 6.16. The van der Waals surface area contributed by atoms with Crippen LogP contribution in [-0.2, 0) is 15.5 Å². The van der Waals surface area contributed by atoms with Gasteiger partial charge >= 0.3 is 5.00 Å². The van der Waals surface area contributed by atoms with E-state index in [4.69, 9.17) is 5.26 Å². The number of alkyl halides is 2. The number of benzene rings is 2. The van der Waals surface area contributed by atoms with Crippen LogP contribution in [0.3, 0.4) is 0 Å². The van der Waals surface area contributed by atoms with Crippen molar-refractivity contribution in [2.45, 2.75) is 33.5 Å². The quantitative estimate of drug-likeness (QED) is 0.398. The fourth-order valence-corrected chi connectivity index (χ4v) is 5.77. The van der Waals surface area contributed by atoms with Crippen molar-refractivity contribution < 1.29 is 21.8 Å². The number of hydrogen-bond donors (Lipinski definition) is 1. The smallest absolute Gasteiger partial charge is 0.256 e. The molecule has 3 nitrogen and oxygen atoms in total. The predicted octanol–water partition coefficient (Wildman–Crippen LogP) is 4.67. The minimum atomic E-state index is -3.07. The molecule has 0 heterocycles. The van der Waals surface area contributed by atoms with E-state index >= 15 is 0 Å². The van der Waals surface area contributed by atoms with Gasteiger partial charge in [-0.2, -0.15) is 14.0 Å². The molecule has 0 bridgehead atoms. The third-order valence-corrected chi connectivity index (χ3v) is 7.53. The molecule has 28 heavy (non-hydrogen) atoms. The van der Waals surface area contributed by atoms with E-state index < -0.39 is 38.2 Å². The van der Waals surface area contributed by atoms with E-state index in [2.05, 4.69) is 4.72 Å². The molecule has 1 aliphatic carbocycles. The van der Waals surface area contributed by atoms with Crippen LogP contribution in [0.4, 0.5) is 17.6 Å². The molecule has 0 aromatic heterocycles. The lowest BCUT2D eigenvalue weighted by atomic mass is 9.75. The number of nitriles is 1. The van der Waals surface area contributed by atoms with Crippen LogP contribution in [0.1, 0.15) is 24.0 Å². The standard InChI is InChI=1S/C18H15F4N2OPS2/c19-12-3-6-16(20)15(7-12)17(8-13(9-17)24-27-18(21,22)26)28(25)14-4-1-11(10-23)2-5-14/h1-7,13,24H,8-9,26H2. The van der Waals surface area contributed by atoms with Gasteiger partial charge < -0.3 is 0 Å². The van der Waals surface area contributed by atoms with Crippen LogP contribution in [0.25, 0.3) is 0 Å². The van der Waals surface area contributed by atoms with Crippen LogP contribution in [0.2, 0.25) is 0 Å². The monoisotopic (exact) mass is 446 g/mol. The zero-order valence-electron chi connectivity index (χ0n) is 14.3. The molecule has 0 spiro atoms. The first-order valence-electron chi connectivity index (χ1n) is 8.12. The molecule has 0 aliphatic heterocycles. The molecular formula is C18H15F4N2OPS2. The molecule has 1 fully saturated rings. The van der Waals surface area contributed by atoms with Gasteiger partial charge in [-0.1, -0.05) is 0 Å². The number of hydrogen-bond acceptors (Lipinski definition) is 4. The summed E-state index contributed by atoms with van der Waals surface area (Å²) in [4.78, 5) is -2.72. The molecule has 2 aromatic carbocycles. The topological polar surface area (TPSA) is 52.9 Å². The van der Waals surface area contributed by atoms with E-state index in [-0.39, 0.29) is 30.4 Å². The second-order valence-electron chi connectivity index (χ2n) is 6.41. The fourth-order valence-electron chi connectivity index (χ4n) is 3.18. The fraction of sp³-hybridized carbons (Fsp3) is 0.278. The SMILES string of the molecule is N#Cc1ccc(S(=O)C2(c3cc(F)ccc3F)CC(NSC(F)(F)P)C2)cc1. The summed E-state index contributed by atoms with van der Waals surface area (Å²) >= 11 is 0.210. The van der Waals surface area contributed by atoms with Gasteiger partial charge in [0.25, 0.3) is 0 Å². The summed E-state index contributed by atoms with van der Waals surface area (Å²) in [5.41, 5.74) is 0.329. The van der Waals surface area contributed by atoms with Crippen LogP contribution in [0, 0.1) is 23.0 Å². The Morgan fingerprint density at radius 3 is 2.43 bits per heavy atom. The molecule has 148 valence electrons. The molecule has 2 unspecified atom stereocenters. The average molecular weight is 446 g/mol. The Bertz CT molecular complexity index is 938. The Labute approximate surface area is 168 Å². The van der Waals surface area contributed by atoms with Crippen molar-refractivity contribution in [1.29, 1.82) is 5.26 Å². The maximum Gasteiger partial charge on any atom is 0.317 e. The first-order chi connectivity index (χ1) is 13.1. The van der Waals surface area contributed by atoms with Crippen LogP contribution >= 0.6 is 21.2 Å². The summed E-state index contributed by atoms with van der Waals surface area (Å²) in [6.07, 6.45) is 0.182. The van der Waals surface area contributed by atoms with Gasteiger partial charge in [0.05, 0.1) is 27.2 Å². The minimum Gasteiger partial charge on any atom is -0.256 e. The normalized spacial score (nSPS) is 22.9. The Morgan fingerprint density at radius 1 is 1.21 bits per heavy atom. The summed E-state index contributed by atoms with van der Waals surface area (Å²) in [6, 6.07) is 10.4. The van der Waals surface area contributed by atoms with E-state index in [1.54, 1.807) is 0 Å². The highest BCUT2D eigenvalue weighted by Gasteiger charge is 2.52. The zero-order valence-corrected chi connectivity index (χ0v) is 17.1. The lowest BCUT2D eigenvalue weighted by Gasteiger charge is -2.47. The highest BCUT2D eigenvalue weighted by Crippen LogP contribution is 2.51. The molecule has 0 amide bonds. The molecule has 3 rings (SSSR count). The largest absolute Gasteiger partial charge is 0.317 e. The molecule has 10 heteroatoms. The minimum absolute atomic E-state index is 0.0455. The first kappa shape index (κ1) is 21.3. The Balaban J connectivity index is 1.93. The second kappa shape index (κ2) is 8.11. The van der Waals surface area contributed by atoms with Crippen molar-refractivity contribution >= 4 is 32.0 Å². The molecule has 1 saturated carbocycles. The van der Waals surface area contributed by atoms with E-state index in [9.17, 15) is 21.8 Å². The van der Waals surface area contributed by atoms with Crippen LogP contribution in [0.15, 0.2) is 47.4 Å². The van der Waals surface area contributed by atoms with Crippen molar-refractivity contribution in [2.24, 2.45) is 0 Å². The van der Waals surface area contributed by atoms with E-state index in [1.807, 2.05) is 6.07 Å². The van der Waals surface area contributed by atoms with Crippen molar-refractivity contribution in [1.82, 2.24) is 4.72 Å². The second-order valence-corrected chi connectivity index (χ2v) is 10.3. The first-order valence-corrected chi connectivity index (χ1v) is 10.7. The highest BCUT2D eigenvalue weighted by atomic mass is 32.2. The van der Waals surface area contributed by atoms with Crippen LogP contribution < -0.4 is 4.72 Å². The van der Waals surface area contributed by atoms with Crippen LogP contribution in [0.5, 0.6) is 0 Å². The van der Waals surface area contributed by atoms with Crippen LogP contribution in [-0.4, -0.2) is 15.2 Å². The summed E-state index contributed by atoms with van der Waals surface area (Å²) in [7, 11) is -0.388.